The van der Waals surface area contributed by atoms with Gasteiger partial charge in [-0.25, -0.2) is 0 Å². The van der Waals surface area contributed by atoms with Crippen LogP contribution in [0.25, 0.3) is 93.9 Å². The molecule has 218 valence electrons. The van der Waals surface area contributed by atoms with Gasteiger partial charge in [-0.1, -0.05) is 140 Å². The summed E-state index contributed by atoms with van der Waals surface area (Å²) < 4.78 is 2.38. The molecule has 1 aliphatic rings. The third-order valence-corrected chi connectivity index (χ3v) is 9.96. The van der Waals surface area contributed by atoms with Crippen molar-refractivity contribution in [3.63, 3.8) is 0 Å². The zero-order chi connectivity index (χ0) is 30.9. The molecule has 1 aromatic heterocycles. The first-order chi connectivity index (χ1) is 23.3. The Hall–Kier alpha value is -6.18. The summed E-state index contributed by atoms with van der Waals surface area (Å²) in [5.41, 5.74) is 16.4. The molecule has 0 N–H and O–H groups in total. The predicted octanol–water partition coefficient (Wildman–Crippen LogP) is 12.6. The average molecular weight is 596 g/mol. The minimum absolute atomic E-state index is 1.18. The first kappa shape index (κ1) is 26.1. The quantitative estimate of drug-likeness (QED) is 0.191. The zero-order valence-corrected chi connectivity index (χ0v) is 25.7. The lowest BCUT2D eigenvalue weighted by Crippen LogP contribution is -1.92. The highest BCUT2D eigenvalue weighted by Gasteiger charge is 2.23. The second-order valence-electron chi connectivity index (χ2n) is 12.5. The van der Waals surface area contributed by atoms with E-state index in [9.17, 15) is 0 Å². The number of para-hydroxylation sites is 2. The van der Waals surface area contributed by atoms with Crippen molar-refractivity contribution in [1.29, 1.82) is 0 Å². The van der Waals surface area contributed by atoms with Crippen LogP contribution >= 0.6 is 0 Å². The average Bonchev–Trinajstić information content (AvgIpc) is 3.65. The van der Waals surface area contributed by atoms with Gasteiger partial charge in [0.15, 0.2) is 0 Å². The van der Waals surface area contributed by atoms with Crippen LogP contribution in [-0.2, 0) is 0 Å². The largest absolute Gasteiger partial charge is 0.309 e. The van der Waals surface area contributed by atoms with Crippen LogP contribution in [-0.4, -0.2) is 4.57 Å². The molecule has 8 aromatic carbocycles. The minimum atomic E-state index is 1.18. The second kappa shape index (κ2) is 10.2. The molecule has 0 aliphatic heterocycles. The maximum Gasteiger partial charge on any atom is 0.0541 e. The molecule has 47 heavy (non-hydrogen) atoms. The number of aromatic nitrogens is 1. The standard InChI is InChI=1S/C46H29N/c1-3-10-30(11-4-1)31-18-20-32(21-19-31)33-22-24-37-41-26-25-36(39-15-9-16-40(46(39)41)42(37)28-33)34-23-27-45-43(29-34)38-14-7-8-17-44(38)47(45)35-12-5-2-6-13-35/h1-29H. The molecular formula is C46H29N. The van der Waals surface area contributed by atoms with Crippen LogP contribution in [0.4, 0.5) is 0 Å². The molecule has 0 saturated heterocycles. The fourth-order valence-corrected chi connectivity index (χ4v) is 7.77. The van der Waals surface area contributed by atoms with Crippen LogP contribution in [0.2, 0.25) is 0 Å². The molecule has 0 atom stereocenters. The topological polar surface area (TPSA) is 4.93 Å². The minimum Gasteiger partial charge on any atom is -0.309 e. The van der Waals surface area contributed by atoms with Gasteiger partial charge in [-0.2, -0.15) is 0 Å². The van der Waals surface area contributed by atoms with Crippen molar-refractivity contribution in [3.8, 4) is 61.3 Å². The number of hydrogen-bond acceptors (Lipinski definition) is 0. The van der Waals surface area contributed by atoms with E-state index in [0.717, 1.165) is 0 Å². The van der Waals surface area contributed by atoms with Gasteiger partial charge in [0.2, 0.25) is 0 Å². The number of hydrogen-bond donors (Lipinski definition) is 0. The van der Waals surface area contributed by atoms with Gasteiger partial charge in [-0.05, 0) is 103 Å². The Bertz CT molecular complexity index is 2640. The fourth-order valence-electron chi connectivity index (χ4n) is 7.77. The van der Waals surface area contributed by atoms with Crippen LogP contribution in [0.15, 0.2) is 176 Å². The molecule has 0 spiro atoms. The summed E-state index contributed by atoms with van der Waals surface area (Å²) in [4.78, 5) is 0. The van der Waals surface area contributed by atoms with Crippen molar-refractivity contribution in [2.45, 2.75) is 0 Å². The van der Waals surface area contributed by atoms with Crippen molar-refractivity contribution >= 4 is 32.6 Å². The predicted molar refractivity (Wildman–Crippen MR) is 199 cm³/mol. The summed E-state index contributed by atoms with van der Waals surface area (Å²) >= 11 is 0. The monoisotopic (exact) mass is 595 g/mol. The summed E-state index contributed by atoms with van der Waals surface area (Å²) in [7, 11) is 0. The SMILES string of the molecule is c1ccc(-c2ccc(-c3ccc4c(c3)-c3cccc5c(-c6ccc7c(c6)c6ccccc6n7-c6ccccc6)ccc-4c35)cc2)cc1. The molecule has 0 unspecified atom stereocenters. The molecule has 10 rings (SSSR count). The summed E-state index contributed by atoms with van der Waals surface area (Å²) in [6.45, 7) is 0. The van der Waals surface area contributed by atoms with E-state index in [1.54, 1.807) is 0 Å². The Morgan fingerprint density at radius 2 is 0.851 bits per heavy atom. The Kier molecular flexibility index (Phi) is 5.64. The number of benzene rings is 8. The highest BCUT2D eigenvalue weighted by molar-refractivity contribution is 6.19. The zero-order valence-electron chi connectivity index (χ0n) is 25.7. The molecular weight excluding hydrogens is 567 g/mol. The molecule has 9 aromatic rings. The molecule has 1 heterocycles. The normalized spacial score (nSPS) is 11.8. The van der Waals surface area contributed by atoms with Crippen LogP contribution in [0.3, 0.4) is 0 Å². The van der Waals surface area contributed by atoms with Gasteiger partial charge in [0.05, 0.1) is 11.0 Å². The van der Waals surface area contributed by atoms with Crippen molar-refractivity contribution in [2.24, 2.45) is 0 Å². The van der Waals surface area contributed by atoms with E-state index in [1.165, 1.54) is 93.9 Å². The molecule has 0 fully saturated rings. The smallest absolute Gasteiger partial charge is 0.0541 e. The van der Waals surface area contributed by atoms with Gasteiger partial charge >= 0.3 is 0 Å². The van der Waals surface area contributed by atoms with Gasteiger partial charge in [-0.3, -0.25) is 0 Å². The number of nitrogens with zero attached hydrogens (tertiary/aromatic N) is 1. The lowest BCUT2D eigenvalue weighted by molar-refractivity contribution is 1.18. The summed E-state index contributed by atoms with van der Waals surface area (Å²) in [5, 5.41) is 5.20. The first-order valence-electron chi connectivity index (χ1n) is 16.3. The van der Waals surface area contributed by atoms with Gasteiger partial charge in [0.25, 0.3) is 0 Å². The highest BCUT2D eigenvalue weighted by atomic mass is 15.0. The molecule has 1 heteroatoms. The first-order valence-corrected chi connectivity index (χ1v) is 16.3. The maximum absolute atomic E-state index is 2.39. The van der Waals surface area contributed by atoms with E-state index in [0.29, 0.717) is 0 Å². The lowest BCUT2D eigenvalue weighted by Gasteiger charge is -2.11. The van der Waals surface area contributed by atoms with Crippen molar-refractivity contribution < 1.29 is 0 Å². The Morgan fingerprint density at radius 1 is 0.277 bits per heavy atom. The van der Waals surface area contributed by atoms with Crippen LogP contribution in [0.1, 0.15) is 0 Å². The second-order valence-corrected chi connectivity index (χ2v) is 12.5. The highest BCUT2D eigenvalue weighted by Crippen LogP contribution is 2.50. The summed E-state index contributed by atoms with van der Waals surface area (Å²) in [6.07, 6.45) is 0. The van der Waals surface area contributed by atoms with Crippen LogP contribution in [0.5, 0.6) is 0 Å². The fraction of sp³-hybridized carbons (Fsp3) is 0. The van der Waals surface area contributed by atoms with E-state index in [-0.39, 0.29) is 0 Å². The van der Waals surface area contributed by atoms with Gasteiger partial charge < -0.3 is 4.57 Å². The van der Waals surface area contributed by atoms with Gasteiger partial charge in [0, 0.05) is 16.5 Å². The molecule has 0 amide bonds. The van der Waals surface area contributed by atoms with Crippen molar-refractivity contribution in [1.82, 2.24) is 4.57 Å². The Balaban J connectivity index is 1.09. The third-order valence-electron chi connectivity index (χ3n) is 9.96. The summed E-state index contributed by atoms with van der Waals surface area (Å²) in [5.74, 6) is 0. The van der Waals surface area contributed by atoms with E-state index in [4.69, 9.17) is 0 Å². The number of fused-ring (bicyclic) bond motifs is 6. The molecule has 0 saturated carbocycles. The van der Waals surface area contributed by atoms with E-state index in [1.807, 2.05) is 0 Å². The molecule has 1 nitrogen and oxygen atoms in total. The molecule has 0 bridgehead atoms. The lowest BCUT2D eigenvalue weighted by atomic mass is 9.93. The van der Waals surface area contributed by atoms with Crippen molar-refractivity contribution in [3.05, 3.63) is 176 Å². The van der Waals surface area contributed by atoms with E-state index < -0.39 is 0 Å². The van der Waals surface area contributed by atoms with Gasteiger partial charge in [-0.15, -0.1) is 0 Å². The Labute approximate surface area is 273 Å². The van der Waals surface area contributed by atoms with E-state index >= 15 is 0 Å². The van der Waals surface area contributed by atoms with E-state index in [2.05, 4.69) is 180 Å². The van der Waals surface area contributed by atoms with Crippen molar-refractivity contribution in [2.75, 3.05) is 0 Å². The maximum atomic E-state index is 2.39. The third kappa shape index (κ3) is 3.97. The molecule has 1 aliphatic carbocycles. The van der Waals surface area contributed by atoms with Gasteiger partial charge in [0.1, 0.15) is 0 Å². The van der Waals surface area contributed by atoms with Crippen LogP contribution < -0.4 is 0 Å². The number of rotatable bonds is 4. The molecule has 0 radical (unpaired) electrons. The Morgan fingerprint density at radius 3 is 1.68 bits per heavy atom. The van der Waals surface area contributed by atoms with Crippen LogP contribution in [0, 0.1) is 0 Å². The summed E-state index contributed by atoms with van der Waals surface area (Å²) in [6, 6.07) is 64.4.